The van der Waals surface area contributed by atoms with Crippen molar-refractivity contribution in [3.8, 4) is 0 Å². The number of benzene rings is 1. The van der Waals surface area contributed by atoms with Crippen molar-refractivity contribution in [3.05, 3.63) is 35.4 Å². The third kappa shape index (κ3) is 4.73. The highest BCUT2D eigenvalue weighted by Crippen LogP contribution is 2.18. The number of hydrogen-bond acceptors (Lipinski definition) is 2. The van der Waals surface area contributed by atoms with Crippen LogP contribution < -0.4 is 10.6 Å². The topological polar surface area (TPSA) is 39.7 Å². The summed E-state index contributed by atoms with van der Waals surface area (Å²) in [6.45, 7) is 7.36. The predicted molar refractivity (Wildman–Crippen MR) is 91.9 cm³/mol. The summed E-state index contributed by atoms with van der Waals surface area (Å²) in [6, 6.07) is 9.58. The highest BCUT2D eigenvalue weighted by atomic mass is 15.2. The van der Waals surface area contributed by atoms with Gasteiger partial charge in [-0.05, 0) is 56.8 Å². The normalized spacial score (nSPS) is 19.4. The van der Waals surface area contributed by atoms with Gasteiger partial charge < -0.3 is 10.6 Å². The lowest BCUT2D eigenvalue weighted by atomic mass is 10.1. The third-order valence-corrected chi connectivity index (χ3v) is 4.31. The molecular weight excluding hydrogens is 272 g/mol. The van der Waals surface area contributed by atoms with Crippen molar-refractivity contribution in [2.24, 2.45) is 4.99 Å². The van der Waals surface area contributed by atoms with Crippen LogP contribution >= 0.6 is 0 Å². The van der Waals surface area contributed by atoms with E-state index in [9.17, 15) is 0 Å². The third-order valence-electron chi connectivity index (χ3n) is 4.31. The Bertz CT molecular complexity index is 484. The summed E-state index contributed by atoms with van der Waals surface area (Å²) in [6.07, 6.45) is 5.26. The molecule has 22 heavy (non-hydrogen) atoms. The van der Waals surface area contributed by atoms with Crippen LogP contribution in [0.2, 0.25) is 0 Å². The number of guanidine groups is 1. The minimum atomic E-state index is 0.639. The summed E-state index contributed by atoms with van der Waals surface area (Å²) in [4.78, 5) is 7.22. The molecule has 1 saturated heterocycles. The number of hydrogen-bond donors (Lipinski definition) is 2. The van der Waals surface area contributed by atoms with Crippen molar-refractivity contribution >= 4 is 5.96 Å². The molecule has 2 fully saturated rings. The molecule has 1 aromatic carbocycles. The zero-order valence-electron chi connectivity index (χ0n) is 13.6. The second kappa shape index (κ2) is 7.63. The number of rotatable bonds is 6. The Morgan fingerprint density at radius 2 is 1.82 bits per heavy atom. The lowest BCUT2D eigenvalue weighted by Gasteiger charge is -2.14. The van der Waals surface area contributed by atoms with Gasteiger partial charge in [-0.2, -0.15) is 0 Å². The molecule has 0 radical (unpaired) electrons. The van der Waals surface area contributed by atoms with Crippen LogP contribution in [0.5, 0.6) is 0 Å². The summed E-state index contributed by atoms with van der Waals surface area (Å²) >= 11 is 0. The largest absolute Gasteiger partial charge is 0.357 e. The Labute approximate surface area is 134 Å². The van der Waals surface area contributed by atoms with E-state index in [-0.39, 0.29) is 0 Å². The van der Waals surface area contributed by atoms with Crippen molar-refractivity contribution in [2.45, 2.75) is 51.7 Å². The quantitative estimate of drug-likeness (QED) is 0.626. The van der Waals surface area contributed by atoms with Crippen molar-refractivity contribution < 1.29 is 0 Å². The van der Waals surface area contributed by atoms with Gasteiger partial charge in [0.05, 0.1) is 6.54 Å². The van der Waals surface area contributed by atoms with Crippen LogP contribution in [0.25, 0.3) is 0 Å². The Hall–Kier alpha value is -1.55. The standard InChI is InChI=1S/C18H28N4/c1-2-19-18(21-17-9-10-17)20-13-15-5-7-16(8-6-15)14-22-11-3-4-12-22/h5-8,17H,2-4,9-14H2,1H3,(H2,19,20,21). The smallest absolute Gasteiger partial charge is 0.191 e. The first-order valence-electron chi connectivity index (χ1n) is 8.68. The minimum Gasteiger partial charge on any atom is -0.357 e. The summed E-state index contributed by atoms with van der Waals surface area (Å²) in [5.41, 5.74) is 2.69. The molecule has 0 aromatic heterocycles. The van der Waals surface area contributed by atoms with E-state index in [1.54, 1.807) is 0 Å². The monoisotopic (exact) mass is 300 g/mol. The molecule has 0 spiro atoms. The minimum absolute atomic E-state index is 0.639. The number of aliphatic imine (C=N–C) groups is 1. The highest BCUT2D eigenvalue weighted by Gasteiger charge is 2.22. The number of likely N-dealkylation sites (tertiary alicyclic amines) is 1. The van der Waals surface area contributed by atoms with Crippen LogP contribution in [0.3, 0.4) is 0 Å². The van der Waals surface area contributed by atoms with E-state index >= 15 is 0 Å². The Kier molecular flexibility index (Phi) is 5.33. The van der Waals surface area contributed by atoms with Gasteiger partial charge in [-0.25, -0.2) is 4.99 Å². The molecule has 4 heteroatoms. The Balaban J connectivity index is 1.52. The van der Waals surface area contributed by atoms with Crippen LogP contribution in [0.15, 0.2) is 29.3 Å². The average Bonchev–Trinajstić information content (AvgIpc) is 3.20. The molecule has 2 N–H and O–H groups in total. The molecule has 1 aliphatic carbocycles. The van der Waals surface area contributed by atoms with Gasteiger partial charge in [0.15, 0.2) is 5.96 Å². The zero-order valence-corrected chi connectivity index (χ0v) is 13.6. The molecule has 1 saturated carbocycles. The molecule has 0 bridgehead atoms. The fourth-order valence-corrected chi connectivity index (χ4v) is 2.86. The van der Waals surface area contributed by atoms with Gasteiger partial charge in [0.25, 0.3) is 0 Å². The second-order valence-electron chi connectivity index (χ2n) is 6.41. The van der Waals surface area contributed by atoms with E-state index in [2.05, 4.69) is 51.7 Å². The maximum absolute atomic E-state index is 4.68. The number of nitrogens with zero attached hydrogens (tertiary/aromatic N) is 2. The lowest BCUT2D eigenvalue weighted by molar-refractivity contribution is 0.331. The Morgan fingerprint density at radius 3 is 2.45 bits per heavy atom. The van der Waals surface area contributed by atoms with Crippen molar-refractivity contribution in [1.82, 2.24) is 15.5 Å². The van der Waals surface area contributed by atoms with Gasteiger partial charge >= 0.3 is 0 Å². The van der Waals surface area contributed by atoms with Gasteiger partial charge in [-0.3, -0.25) is 4.90 Å². The molecule has 0 amide bonds. The van der Waals surface area contributed by atoms with Crippen molar-refractivity contribution in [3.63, 3.8) is 0 Å². The van der Waals surface area contributed by atoms with E-state index in [1.807, 2.05) is 0 Å². The average molecular weight is 300 g/mol. The van der Waals surface area contributed by atoms with Crippen LogP contribution in [0, 0.1) is 0 Å². The lowest BCUT2D eigenvalue weighted by Crippen LogP contribution is -2.38. The molecule has 3 rings (SSSR count). The highest BCUT2D eigenvalue weighted by molar-refractivity contribution is 5.80. The summed E-state index contributed by atoms with van der Waals surface area (Å²) in [5, 5.41) is 6.77. The van der Waals surface area contributed by atoms with Gasteiger partial charge in [0.2, 0.25) is 0 Å². The summed E-state index contributed by atoms with van der Waals surface area (Å²) in [5.74, 6) is 0.950. The van der Waals surface area contributed by atoms with Gasteiger partial charge in [0.1, 0.15) is 0 Å². The Morgan fingerprint density at radius 1 is 1.14 bits per heavy atom. The second-order valence-corrected chi connectivity index (χ2v) is 6.41. The van der Waals surface area contributed by atoms with E-state index in [0.717, 1.165) is 25.6 Å². The fraction of sp³-hybridized carbons (Fsp3) is 0.611. The van der Waals surface area contributed by atoms with Gasteiger partial charge in [0, 0.05) is 19.1 Å². The maximum atomic E-state index is 4.68. The van der Waals surface area contributed by atoms with Gasteiger partial charge in [-0.1, -0.05) is 24.3 Å². The molecule has 1 aliphatic heterocycles. The number of nitrogens with one attached hydrogen (secondary N) is 2. The van der Waals surface area contributed by atoms with E-state index in [0.29, 0.717) is 6.04 Å². The SMILES string of the molecule is CCNC(=NCc1ccc(CN2CCCC2)cc1)NC1CC1. The van der Waals surface area contributed by atoms with Crippen LogP contribution in [-0.2, 0) is 13.1 Å². The molecule has 2 aliphatic rings. The van der Waals surface area contributed by atoms with Crippen LogP contribution in [0.4, 0.5) is 0 Å². The van der Waals surface area contributed by atoms with Crippen molar-refractivity contribution in [2.75, 3.05) is 19.6 Å². The molecule has 120 valence electrons. The fourth-order valence-electron chi connectivity index (χ4n) is 2.86. The van der Waals surface area contributed by atoms with Crippen LogP contribution in [0.1, 0.15) is 43.7 Å². The van der Waals surface area contributed by atoms with Gasteiger partial charge in [-0.15, -0.1) is 0 Å². The first kappa shape index (κ1) is 15.3. The molecule has 1 aromatic rings. The first-order valence-corrected chi connectivity index (χ1v) is 8.68. The molecule has 0 atom stereocenters. The summed E-state index contributed by atoms with van der Waals surface area (Å²) < 4.78 is 0. The van der Waals surface area contributed by atoms with E-state index in [4.69, 9.17) is 0 Å². The molecule has 0 unspecified atom stereocenters. The first-order chi connectivity index (χ1) is 10.8. The summed E-state index contributed by atoms with van der Waals surface area (Å²) in [7, 11) is 0. The molecular formula is C18H28N4. The maximum Gasteiger partial charge on any atom is 0.191 e. The van der Waals surface area contributed by atoms with Crippen molar-refractivity contribution in [1.29, 1.82) is 0 Å². The van der Waals surface area contributed by atoms with E-state index in [1.165, 1.54) is 49.9 Å². The van der Waals surface area contributed by atoms with Crippen LogP contribution in [-0.4, -0.2) is 36.5 Å². The zero-order chi connectivity index (χ0) is 15.2. The molecule has 1 heterocycles. The van der Waals surface area contributed by atoms with E-state index < -0.39 is 0 Å². The predicted octanol–water partition coefficient (Wildman–Crippen LogP) is 2.50. The molecule has 4 nitrogen and oxygen atoms in total.